The fourth-order valence-electron chi connectivity index (χ4n) is 2.40. The number of hydrogen-bond donors (Lipinski definition) is 0. The van der Waals surface area contributed by atoms with Crippen LogP contribution in [0.3, 0.4) is 0 Å². The average molecular weight is 409 g/mol. The maximum atomic E-state index is 12.0. The summed E-state index contributed by atoms with van der Waals surface area (Å²) in [5.74, 6) is -0.461. The first kappa shape index (κ1) is 21.7. The van der Waals surface area contributed by atoms with Crippen LogP contribution < -0.4 is 0 Å². The largest absolute Gasteiger partial charge is 0.465 e. The molecule has 2 aromatic rings. The number of rotatable bonds is 6. The van der Waals surface area contributed by atoms with Gasteiger partial charge in [-0.2, -0.15) is 0 Å². The highest BCUT2D eigenvalue weighted by atomic mass is 35.5. The number of halogens is 1. The minimum Gasteiger partial charge on any atom is -0.465 e. The van der Waals surface area contributed by atoms with Crippen molar-refractivity contribution in [3.8, 4) is 0 Å². The van der Waals surface area contributed by atoms with E-state index < -0.39 is 11.6 Å². The number of likely N-dealkylation sites (N-methyl/N-ethyl adjacent to an activating group) is 1. The molecule has 0 atom stereocenters. The SMILES string of the molecule is COC(=O)c1cc(Cl)ccc1Cn1cc(CCN(C)C(=O)OC(C)(C)C)nn1. The molecule has 0 aliphatic rings. The first-order chi connectivity index (χ1) is 13.1. The number of carbonyl (C=O) groups excluding carboxylic acids is 2. The summed E-state index contributed by atoms with van der Waals surface area (Å²) in [6.45, 7) is 6.26. The summed E-state index contributed by atoms with van der Waals surface area (Å²) >= 11 is 5.98. The molecule has 0 unspecified atom stereocenters. The Bertz CT molecular complexity index is 845. The lowest BCUT2D eigenvalue weighted by Gasteiger charge is -2.24. The molecule has 1 aromatic carbocycles. The number of methoxy groups -OCH3 is 1. The van der Waals surface area contributed by atoms with E-state index in [2.05, 4.69) is 10.3 Å². The van der Waals surface area contributed by atoms with E-state index in [9.17, 15) is 9.59 Å². The molecule has 1 amide bonds. The summed E-state index contributed by atoms with van der Waals surface area (Å²) in [7, 11) is 3.00. The molecule has 0 aliphatic carbocycles. The number of aromatic nitrogens is 3. The van der Waals surface area contributed by atoms with Crippen molar-refractivity contribution in [2.24, 2.45) is 0 Å². The average Bonchev–Trinajstić information content (AvgIpc) is 3.06. The maximum Gasteiger partial charge on any atom is 0.410 e. The van der Waals surface area contributed by atoms with E-state index >= 15 is 0 Å². The van der Waals surface area contributed by atoms with Crippen LogP contribution in [-0.2, 0) is 22.4 Å². The summed E-state index contributed by atoms with van der Waals surface area (Å²) in [5.41, 5.74) is 1.30. The van der Waals surface area contributed by atoms with Crippen molar-refractivity contribution >= 4 is 23.7 Å². The molecule has 0 spiro atoms. The predicted molar refractivity (Wildman–Crippen MR) is 104 cm³/mol. The van der Waals surface area contributed by atoms with Gasteiger partial charge in [-0.1, -0.05) is 22.9 Å². The topological polar surface area (TPSA) is 86.5 Å². The molecule has 2 rings (SSSR count). The molecule has 0 N–H and O–H groups in total. The second kappa shape index (κ2) is 9.05. The Balaban J connectivity index is 2.00. The van der Waals surface area contributed by atoms with Gasteiger partial charge in [-0.15, -0.1) is 5.10 Å². The predicted octanol–water partition coefficient (Wildman–Crippen LogP) is 3.18. The molecule has 152 valence electrons. The number of nitrogens with zero attached hydrogens (tertiary/aromatic N) is 4. The van der Waals surface area contributed by atoms with Crippen LogP contribution in [0.4, 0.5) is 4.79 Å². The van der Waals surface area contributed by atoms with Crippen LogP contribution in [0.25, 0.3) is 0 Å². The lowest BCUT2D eigenvalue weighted by molar-refractivity contribution is 0.0300. The van der Waals surface area contributed by atoms with Gasteiger partial charge in [-0.3, -0.25) is 0 Å². The molecule has 0 fully saturated rings. The Kier molecular flexibility index (Phi) is 7.01. The molecular weight excluding hydrogens is 384 g/mol. The number of amides is 1. The number of esters is 1. The van der Waals surface area contributed by atoms with Gasteiger partial charge in [-0.25, -0.2) is 14.3 Å². The molecule has 9 heteroatoms. The highest BCUT2D eigenvalue weighted by Gasteiger charge is 2.19. The van der Waals surface area contributed by atoms with Gasteiger partial charge < -0.3 is 14.4 Å². The quantitative estimate of drug-likeness (QED) is 0.682. The Morgan fingerprint density at radius 1 is 1.29 bits per heavy atom. The van der Waals surface area contributed by atoms with E-state index in [1.54, 1.807) is 36.1 Å². The number of benzene rings is 1. The molecule has 1 heterocycles. The van der Waals surface area contributed by atoms with Crippen molar-refractivity contribution in [3.63, 3.8) is 0 Å². The van der Waals surface area contributed by atoms with Gasteiger partial charge in [0.25, 0.3) is 0 Å². The lowest BCUT2D eigenvalue weighted by atomic mass is 10.1. The summed E-state index contributed by atoms with van der Waals surface area (Å²) < 4.78 is 11.7. The third-order valence-electron chi connectivity index (χ3n) is 3.80. The van der Waals surface area contributed by atoms with Crippen molar-refractivity contribution in [3.05, 3.63) is 46.2 Å². The molecule has 0 aliphatic heterocycles. The first-order valence-corrected chi connectivity index (χ1v) is 9.16. The third-order valence-corrected chi connectivity index (χ3v) is 4.04. The van der Waals surface area contributed by atoms with Gasteiger partial charge in [0, 0.05) is 31.2 Å². The zero-order chi connectivity index (χ0) is 20.9. The van der Waals surface area contributed by atoms with Crippen LogP contribution in [0, 0.1) is 0 Å². The van der Waals surface area contributed by atoms with Gasteiger partial charge in [0.15, 0.2) is 0 Å². The van der Waals surface area contributed by atoms with Crippen LogP contribution in [-0.4, -0.2) is 58.3 Å². The third kappa shape index (κ3) is 6.23. The van der Waals surface area contributed by atoms with E-state index in [1.807, 2.05) is 20.8 Å². The zero-order valence-electron chi connectivity index (χ0n) is 16.7. The molecular formula is C19H25ClN4O4. The molecule has 0 bridgehead atoms. The highest BCUT2D eigenvalue weighted by Crippen LogP contribution is 2.18. The normalized spacial score (nSPS) is 11.2. The highest BCUT2D eigenvalue weighted by molar-refractivity contribution is 6.31. The minimum atomic E-state index is -0.537. The molecule has 1 aromatic heterocycles. The van der Waals surface area contributed by atoms with Crippen molar-refractivity contribution in [1.82, 2.24) is 19.9 Å². The van der Waals surface area contributed by atoms with Crippen LogP contribution in [0.1, 0.15) is 42.4 Å². The summed E-state index contributed by atoms with van der Waals surface area (Å²) in [6, 6.07) is 5.03. The molecule has 0 saturated heterocycles. The van der Waals surface area contributed by atoms with E-state index in [-0.39, 0.29) is 6.09 Å². The Morgan fingerprint density at radius 3 is 2.64 bits per heavy atom. The van der Waals surface area contributed by atoms with Crippen molar-refractivity contribution in [2.45, 2.75) is 39.3 Å². The maximum absolute atomic E-state index is 12.0. The monoisotopic (exact) mass is 408 g/mol. The number of carbonyl (C=O) groups is 2. The number of ether oxygens (including phenoxy) is 2. The summed E-state index contributed by atoms with van der Waals surface area (Å²) in [4.78, 5) is 25.4. The van der Waals surface area contributed by atoms with Gasteiger partial charge in [-0.05, 0) is 38.5 Å². The second-order valence-electron chi connectivity index (χ2n) is 7.35. The zero-order valence-corrected chi connectivity index (χ0v) is 17.5. The van der Waals surface area contributed by atoms with Crippen LogP contribution in [0.5, 0.6) is 0 Å². The van der Waals surface area contributed by atoms with Crippen molar-refractivity contribution < 1.29 is 19.1 Å². The van der Waals surface area contributed by atoms with Crippen LogP contribution in [0.2, 0.25) is 5.02 Å². The van der Waals surface area contributed by atoms with E-state index in [4.69, 9.17) is 21.1 Å². The molecule has 28 heavy (non-hydrogen) atoms. The molecule has 8 nitrogen and oxygen atoms in total. The van der Waals surface area contributed by atoms with Crippen LogP contribution >= 0.6 is 11.6 Å². The molecule has 0 saturated carbocycles. The standard InChI is InChI=1S/C19H25ClN4O4/c1-19(2,3)28-18(26)23(4)9-8-15-12-24(22-21-15)11-13-6-7-14(20)10-16(13)17(25)27-5/h6-7,10,12H,8-9,11H2,1-5H3. The van der Waals surface area contributed by atoms with Gasteiger partial charge in [0.1, 0.15) is 5.60 Å². The van der Waals surface area contributed by atoms with E-state index in [1.165, 1.54) is 12.0 Å². The summed E-state index contributed by atoms with van der Waals surface area (Å²) in [6.07, 6.45) is 1.92. The van der Waals surface area contributed by atoms with Crippen LogP contribution in [0.15, 0.2) is 24.4 Å². The summed E-state index contributed by atoms with van der Waals surface area (Å²) in [5, 5.41) is 8.66. The van der Waals surface area contributed by atoms with E-state index in [0.29, 0.717) is 30.1 Å². The number of hydrogen-bond acceptors (Lipinski definition) is 6. The van der Waals surface area contributed by atoms with Crippen molar-refractivity contribution in [2.75, 3.05) is 20.7 Å². The molecule has 0 radical (unpaired) electrons. The Hall–Kier alpha value is -2.61. The van der Waals surface area contributed by atoms with Gasteiger partial charge in [0.05, 0.1) is 24.9 Å². The smallest absolute Gasteiger partial charge is 0.410 e. The van der Waals surface area contributed by atoms with E-state index in [0.717, 1.165) is 11.3 Å². The Labute approximate surface area is 169 Å². The fraction of sp³-hybridized carbons (Fsp3) is 0.474. The fourth-order valence-corrected chi connectivity index (χ4v) is 2.58. The van der Waals surface area contributed by atoms with Gasteiger partial charge in [0.2, 0.25) is 0 Å². The first-order valence-electron chi connectivity index (χ1n) is 8.79. The van der Waals surface area contributed by atoms with Gasteiger partial charge >= 0.3 is 12.1 Å². The lowest BCUT2D eigenvalue weighted by Crippen LogP contribution is -2.35. The minimum absolute atomic E-state index is 0.344. The Morgan fingerprint density at radius 2 is 2.00 bits per heavy atom. The van der Waals surface area contributed by atoms with Crippen molar-refractivity contribution in [1.29, 1.82) is 0 Å². The second-order valence-corrected chi connectivity index (χ2v) is 7.79.